The van der Waals surface area contributed by atoms with Gasteiger partial charge < -0.3 is 15.6 Å². The number of rotatable bonds is 4. The van der Waals surface area contributed by atoms with E-state index in [1.165, 1.54) is 11.3 Å². The van der Waals surface area contributed by atoms with Crippen LogP contribution >= 0.6 is 11.3 Å². The number of hydrogen-bond donors (Lipinski definition) is 2. The number of aryl methyl sites for hydroxylation is 2. The Morgan fingerprint density at radius 3 is 2.63 bits per heavy atom. The SMILES string of the molecule is Cc1cc(C)c(C(=O)n2nc(Nc3ccc(-n4ccnc4)cc3)nc2N)s1. The van der Waals surface area contributed by atoms with Crippen LogP contribution in [0.5, 0.6) is 0 Å². The van der Waals surface area contributed by atoms with E-state index in [1.807, 2.05) is 54.9 Å². The quantitative estimate of drug-likeness (QED) is 0.564. The molecular formula is C18H17N7OS. The lowest BCUT2D eigenvalue weighted by molar-refractivity contribution is 0.0951. The molecule has 0 atom stereocenters. The van der Waals surface area contributed by atoms with E-state index in [2.05, 4.69) is 20.4 Å². The van der Waals surface area contributed by atoms with Crippen LogP contribution in [0, 0.1) is 13.8 Å². The van der Waals surface area contributed by atoms with Crippen molar-refractivity contribution in [2.45, 2.75) is 13.8 Å². The van der Waals surface area contributed by atoms with Crippen LogP contribution in [0.2, 0.25) is 0 Å². The molecule has 4 aromatic rings. The van der Waals surface area contributed by atoms with Gasteiger partial charge in [0.2, 0.25) is 11.9 Å². The van der Waals surface area contributed by atoms with E-state index >= 15 is 0 Å². The van der Waals surface area contributed by atoms with Gasteiger partial charge in [0.25, 0.3) is 5.91 Å². The van der Waals surface area contributed by atoms with Gasteiger partial charge >= 0.3 is 0 Å². The number of anilines is 3. The molecule has 3 N–H and O–H groups in total. The minimum atomic E-state index is -0.279. The van der Waals surface area contributed by atoms with Gasteiger partial charge in [-0.25, -0.2) is 4.98 Å². The molecule has 0 saturated heterocycles. The second kappa shape index (κ2) is 6.69. The molecule has 0 aliphatic heterocycles. The van der Waals surface area contributed by atoms with E-state index in [1.54, 1.807) is 12.5 Å². The van der Waals surface area contributed by atoms with Crippen molar-refractivity contribution in [2.75, 3.05) is 11.1 Å². The standard InChI is InChI=1S/C18H17N7OS/c1-11-9-12(2)27-15(11)16(26)25-17(19)22-18(23-25)21-13-3-5-14(6-4-13)24-8-7-20-10-24/h3-10H,1-2H3,(H3,19,21,22,23). The summed E-state index contributed by atoms with van der Waals surface area (Å²) in [5.74, 6) is 0.0317. The van der Waals surface area contributed by atoms with Crippen molar-refractivity contribution in [1.82, 2.24) is 24.3 Å². The van der Waals surface area contributed by atoms with Crippen molar-refractivity contribution in [2.24, 2.45) is 0 Å². The maximum absolute atomic E-state index is 12.7. The average molecular weight is 379 g/mol. The Morgan fingerprint density at radius 1 is 1.22 bits per heavy atom. The second-order valence-electron chi connectivity index (χ2n) is 6.02. The van der Waals surface area contributed by atoms with Crippen LogP contribution in [0.4, 0.5) is 17.6 Å². The zero-order valence-corrected chi connectivity index (χ0v) is 15.6. The average Bonchev–Trinajstić information content (AvgIpc) is 3.36. The first-order chi connectivity index (χ1) is 13.0. The summed E-state index contributed by atoms with van der Waals surface area (Å²) in [4.78, 5) is 22.5. The predicted molar refractivity (Wildman–Crippen MR) is 105 cm³/mol. The Balaban J connectivity index is 1.55. The van der Waals surface area contributed by atoms with Crippen molar-refractivity contribution in [3.05, 3.63) is 64.4 Å². The normalized spacial score (nSPS) is 10.9. The smallest absolute Gasteiger partial charge is 0.291 e. The summed E-state index contributed by atoms with van der Waals surface area (Å²) in [5.41, 5.74) is 8.57. The highest BCUT2D eigenvalue weighted by Gasteiger charge is 2.19. The first-order valence-electron chi connectivity index (χ1n) is 8.21. The molecule has 3 heterocycles. The van der Waals surface area contributed by atoms with E-state index in [0.29, 0.717) is 4.88 Å². The van der Waals surface area contributed by atoms with Crippen molar-refractivity contribution in [1.29, 1.82) is 0 Å². The molecule has 136 valence electrons. The first-order valence-corrected chi connectivity index (χ1v) is 9.02. The molecule has 0 amide bonds. The largest absolute Gasteiger partial charge is 0.368 e. The van der Waals surface area contributed by atoms with Crippen LogP contribution in [0.25, 0.3) is 5.69 Å². The number of nitrogens with zero attached hydrogens (tertiary/aromatic N) is 5. The molecule has 8 nitrogen and oxygen atoms in total. The van der Waals surface area contributed by atoms with Gasteiger partial charge in [0, 0.05) is 28.6 Å². The fraction of sp³-hybridized carbons (Fsp3) is 0.111. The highest BCUT2D eigenvalue weighted by atomic mass is 32.1. The summed E-state index contributed by atoms with van der Waals surface area (Å²) in [6.07, 6.45) is 5.32. The lowest BCUT2D eigenvalue weighted by atomic mass is 10.2. The van der Waals surface area contributed by atoms with Gasteiger partial charge in [0.15, 0.2) is 0 Å². The van der Waals surface area contributed by atoms with Gasteiger partial charge in [-0.2, -0.15) is 9.67 Å². The molecule has 0 saturated carbocycles. The highest BCUT2D eigenvalue weighted by molar-refractivity contribution is 7.14. The fourth-order valence-corrected chi connectivity index (χ4v) is 3.69. The number of nitrogens with one attached hydrogen (secondary N) is 1. The van der Waals surface area contributed by atoms with Gasteiger partial charge in [-0.15, -0.1) is 16.4 Å². The Kier molecular flexibility index (Phi) is 4.21. The summed E-state index contributed by atoms with van der Waals surface area (Å²) >= 11 is 1.42. The molecule has 1 aromatic carbocycles. The number of aromatic nitrogens is 5. The van der Waals surface area contributed by atoms with Crippen LogP contribution in [0.1, 0.15) is 20.1 Å². The maximum Gasteiger partial charge on any atom is 0.291 e. The number of carbonyl (C=O) groups excluding carboxylic acids is 1. The first kappa shape index (κ1) is 17.0. The lowest BCUT2D eigenvalue weighted by Crippen LogP contribution is -2.16. The summed E-state index contributed by atoms with van der Waals surface area (Å²) < 4.78 is 3.03. The van der Waals surface area contributed by atoms with E-state index in [-0.39, 0.29) is 17.8 Å². The molecule has 0 bridgehead atoms. The molecule has 0 unspecified atom stereocenters. The molecule has 0 aliphatic carbocycles. The summed E-state index contributed by atoms with van der Waals surface area (Å²) in [7, 11) is 0. The van der Waals surface area contributed by atoms with Crippen molar-refractivity contribution < 1.29 is 4.79 Å². The molecule has 27 heavy (non-hydrogen) atoms. The van der Waals surface area contributed by atoms with Crippen LogP contribution in [-0.4, -0.2) is 30.2 Å². The number of carbonyl (C=O) groups is 1. The molecule has 9 heteroatoms. The van der Waals surface area contributed by atoms with Crippen molar-refractivity contribution in [3.8, 4) is 5.69 Å². The van der Waals surface area contributed by atoms with E-state index in [0.717, 1.165) is 26.5 Å². The van der Waals surface area contributed by atoms with E-state index in [9.17, 15) is 4.79 Å². The number of thiophene rings is 1. The van der Waals surface area contributed by atoms with Crippen LogP contribution in [0.3, 0.4) is 0 Å². The lowest BCUT2D eigenvalue weighted by Gasteiger charge is -2.05. The second-order valence-corrected chi connectivity index (χ2v) is 7.28. The number of nitrogens with two attached hydrogens (primary N) is 1. The Bertz CT molecular complexity index is 1090. The molecule has 0 fully saturated rings. The van der Waals surface area contributed by atoms with Crippen molar-refractivity contribution in [3.63, 3.8) is 0 Å². The van der Waals surface area contributed by atoms with Gasteiger partial charge in [-0.1, -0.05) is 0 Å². The third kappa shape index (κ3) is 3.32. The minimum Gasteiger partial charge on any atom is -0.368 e. The Hall–Kier alpha value is -3.46. The van der Waals surface area contributed by atoms with Crippen molar-refractivity contribution >= 4 is 34.8 Å². The Morgan fingerprint density at radius 2 is 2.00 bits per heavy atom. The minimum absolute atomic E-state index is 0.0444. The number of hydrogen-bond acceptors (Lipinski definition) is 7. The Labute approximate surface area is 159 Å². The number of benzene rings is 1. The van der Waals surface area contributed by atoms with E-state index in [4.69, 9.17) is 5.73 Å². The zero-order chi connectivity index (χ0) is 19.0. The monoisotopic (exact) mass is 379 g/mol. The summed E-state index contributed by atoms with van der Waals surface area (Å²) in [5, 5.41) is 7.28. The van der Waals surface area contributed by atoms with Gasteiger partial charge in [-0.3, -0.25) is 4.79 Å². The van der Waals surface area contributed by atoms with Crippen LogP contribution < -0.4 is 11.1 Å². The molecule has 0 aliphatic rings. The third-order valence-electron chi connectivity index (χ3n) is 3.99. The van der Waals surface area contributed by atoms with Gasteiger partial charge in [0.05, 0.1) is 11.2 Å². The molecule has 4 rings (SSSR count). The zero-order valence-electron chi connectivity index (χ0n) is 14.7. The summed E-state index contributed by atoms with van der Waals surface area (Å²) in [6.45, 7) is 3.85. The third-order valence-corrected chi connectivity index (χ3v) is 5.13. The number of nitrogen functional groups attached to an aromatic ring is 1. The fourth-order valence-electron chi connectivity index (χ4n) is 2.73. The number of imidazole rings is 1. The predicted octanol–water partition coefficient (Wildman–Crippen LogP) is 3.16. The van der Waals surface area contributed by atoms with Gasteiger partial charge in [0.1, 0.15) is 0 Å². The van der Waals surface area contributed by atoms with Crippen LogP contribution in [0.15, 0.2) is 49.1 Å². The molecular weight excluding hydrogens is 362 g/mol. The topological polar surface area (TPSA) is 104 Å². The molecule has 3 aromatic heterocycles. The highest BCUT2D eigenvalue weighted by Crippen LogP contribution is 2.23. The molecule has 0 radical (unpaired) electrons. The van der Waals surface area contributed by atoms with Crippen LogP contribution in [-0.2, 0) is 0 Å². The molecule has 0 spiro atoms. The van der Waals surface area contributed by atoms with Gasteiger partial charge in [-0.05, 0) is 49.7 Å². The maximum atomic E-state index is 12.7. The van der Waals surface area contributed by atoms with E-state index < -0.39 is 0 Å². The summed E-state index contributed by atoms with van der Waals surface area (Å²) in [6, 6.07) is 9.62.